The molecule has 1 saturated heterocycles. The third-order valence-electron chi connectivity index (χ3n) is 3.49. The molecule has 7 nitrogen and oxygen atoms in total. The van der Waals surface area contributed by atoms with Crippen LogP contribution in [0.15, 0.2) is 34.5 Å². The minimum atomic E-state index is -3.13. The lowest BCUT2D eigenvalue weighted by Gasteiger charge is -1.99. The minimum Gasteiger partial charge on any atom is -0.493 e. The van der Waals surface area contributed by atoms with Crippen LogP contribution in [0.2, 0.25) is 0 Å². The van der Waals surface area contributed by atoms with Gasteiger partial charge < -0.3 is 10.1 Å². The summed E-state index contributed by atoms with van der Waals surface area (Å²) < 4.78 is 22.7. The Bertz CT molecular complexity index is 838. The summed E-state index contributed by atoms with van der Waals surface area (Å²) in [4.78, 5) is 14.6. The molecule has 0 unspecified atom stereocenters. The number of benzene rings is 1. The average Bonchev–Trinajstić information content (AvgIpc) is 2.95. The fourth-order valence-corrected chi connectivity index (χ4v) is 4.12. The molecule has 2 aromatic rings. The zero-order chi connectivity index (χ0) is 15.0. The first kappa shape index (κ1) is 13.7. The molecule has 8 heteroatoms. The van der Waals surface area contributed by atoms with Gasteiger partial charge in [0.15, 0.2) is 15.5 Å². The first-order valence-corrected chi connectivity index (χ1v) is 8.24. The number of rotatable bonds is 2. The van der Waals surface area contributed by atoms with Gasteiger partial charge in [-0.05, 0) is 12.5 Å². The van der Waals surface area contributed by atoms with E-state index >= 15 is 0 Å². The Balaban J connectivity index is 1.85. The second kappa shape index (κ2) is 4.96. The maximum atomic E-state index is 11.9. The van der Waals surface area contributed by atoms with Crippen molar-refractivity contribution in [2.75, 3.05) is 11.5 Å². The molecule has 1 amide bonds. The molecule has 1 atom stereocenters. The molecule has 110 valence electrons. The Morgan fingerprint density at radius 3 is 2.81 bits per heavy atom. The number of aromatic amines is 1. The standard InChI is InChI=1S/C13H13N3O4S/c17-12(8-5-6-21(19,20)7-8)16-15-11-9-3-1-2-4-10(9)14-13(11)18/h1-4,8,14,18H,5-7H2/t8-/m0/s1. The number of sulfone groups is 1. The van der Waals surface area contributed by atoms with E-state index < -0.39 is 21.7 Å². The topological polar surface area (TPSA) is 112 Å². The first-order valence-electron chi connectivity index (χ1n) is 6.42. The Labute approximate surface area is 120 Å². The van der Waals surface area contributed by atoms with E-state index in [1.54, 1.807) is 24.3 Å². The van der Waals surface area contributed by atoms with Crippen LogP contribution in [0.3, 0.4) is 0 Å². The molecule has 2 N–H and O–H groups in total. The van der Waals surface area contributed by atoms with Crippen molar-refractivity contribution in [3.8, 4) is 5.88 Å². The van der Waals surface area contributed by atoms with Gasteiger partial charge in [0.25, 0.3) is 5.91 Å². The van der Waals surface area contributed by atoms with E-state index in [1.807, 2.05) is 0 Å². The zero-order valence-corrected chi connectivity index (χ0v) is 11.8. The third kappa shape index (κ3) is 2.66. The van der Waals surface area contributed by atoms with Crippen LogP contribution in [0.5, 0.6) is 5.88 Å². The highest BCUT2D eigenvalue weighted by molar-refractivity contribution is 7.91. The van der Waals surface area contributed by atoms with Crippen molar-refractivity contribution in [1.29, 1.82) is 0 Å². The Kier molecular flexibility index (Phi) is 3.25. The highest BCUT2D eigenvalue weighted by atomic mass is 32.2. The number of carbonyl (C=O) groups excluding carboxylic acids is 1. The second-order valence-electron chi connectivity index (χ2n) is 5.01. The summed E-state index contributed by atoms with van der Waals surface area (Å²) in [7, 11) is -3.13. The number of carbonyl (C=O) groups is 1. The van der Waals surface area contributed by atoms with Gasteiger partial charge in [-0.15, -0.1) is 10.2 Å². The SMILES string of the molecule is O=C(N=Nc1c(O)[nH]c2ccccc12)[C@H]1CCS(=O)(=O)C1. The van der Waals surface area contributed by atoms with Gasteiger partial charge in [0.05, 0.1) is 22.9 Å². The molecule has 1 aromatic carbocycles. The average molecular weight is 307 g/mol. The number of aromatic nitrogens is 1. The second-order valence-corrected chi connectivity index (χ2v) is 7.23. The minimum absolute atomic E-state index is 0.0112. The van der Waals surface area contributed by atoms with E-state index in [9.17, 15) is 18.3 Å². The molecule has 0 aliphatic carbocycles. The normalized spacial score (nSPS) is 21.2. The Morgan fingerprint density at radius 2 is 2.10 bits per heavy atom. The van der Waals surface area contributed by atoms with Crippen molar-refractivity contribution < 1.29 is 18.3 Å². The van der Waals surface area contributed by atoms with Crippen LogP contribution >= 0.6 is 0 Å². The van der Waals surface area contributed by atoms with E-state index in [0.717, 1.165) is 0 Å². The number of para-hydroxylation sites is 1. The molecule has 3 rings (SSSR count). The number of fused-ring (bicyclic) bond motifs is 1. The molecule has 0 bridgehead atoms. The predicted octanol–water partition coefficient (Wildman–Crippen LogP) is 1.92. The molecule has 1 fully saturated rings. The monoisotopic (exact) mass is 307 g/mol. The van der Waals surface area contributed by atoms with Crippen LogP contribution < -0.4 is 0 Å². The maximum Gasteiger partial charge on any atom is 0.268 e. The zero-order valence-electron chi connectivity index (χ0n) is 11.0. The van der Waals surface area contributed by atoms with Gasteiger partial charge in [-0.2, -0.15) is 0 Å². The lowest BCUT2D eigenvalue weighted by molar-refractivity contribution is -0.121. The number of nitrogens with one attached hydrogen (secondary N) is 1. The number of hydrogen-bond acceptors (Lipinski definition) is 5. The van der Waals surface area contributed by atoms with Crippen LogP contribution in [0.4, 0.5) is 5.69 Å². The van der Waals surface area contributed by atoms with Gasteiger partial charge >= 0.3 is 0 Å². The van der Waals surface area contributed by atoms with Crippen LogP contribution in [-0.2, 0) is 14.6 Å². The van der Waals surface area contributed by atoms with Crippen molar-refractivity contribution in [3.63, 3.8) is 0 Å². The quantitative estimate of drug-likeness (QED) is 0.825. The number of hydrogen-bond donors (Lipinski definition) is 2. The molecule has 2 heterocycles. The lowest BCUT2D eigenvalue weighted by Crippen LogP contribution is -2.13. The van der Waals surface area contributed by atoms with E-state index in [-0.39, 0.29) is 29.5 Å². The lowest BCUT2D eigenvalue weighted by atomic mass is 10.1. The van der Waals surface area contributed by atoms with Gasteiger partial charge in [-0.1, -0.05) is 18.2 Å². The summed E-state index contributed by atoms with van der Waals surface area (Å²) in [5.41, 5.74) is 0.861. The molecule has 0 radical (unpaired) electrons. The number of aromatic hydroxyl groups is 1. The van der Waals surface area contributed by atoms with Gasteiger partial charge in [0.1, 0.15) is 0 Å². The number of nitrogens with zero attached hydrogens (tertiary/aromatic N) is 2. The summed E-state index contributed by atoms with van der Waals surface area (Å²) in [5.74, 6) is -1.54. The third-order valence-corrected chi connectivity index (χ3v) is 5.26. The van der Waals surface area contributed by atoms with E-state index in [4.69, 9.17) is 0 Å². The largest absolute Gasteiger partial charge is 0.493 e. The summed E-state index contributed by atoms with van der Waals surface area (Å²) in [5, 5.41) is 17.8. The van der Waals surface area contributed by atoms with Crippen LogP contribution in [0, 0.1) is 5.92 Å². The molecule has 1 aliphatic heterocycles. The van der Waals surface area contributed by atoms with Crippen molar-refractivity contribution >= 4 is 32.3 Å². The highest BCUT2D eigenvalue weighted by Crippen LogP contribution is 2.35. The van der Waals surface area contributed by atoms with Crippen molar-refractivity contribution in [1.82, 2.24) is 4.98 Å². The predicted molar refractivity (Wildman–Crippen MR) is 76.2 cm³/mol. The van der Waals surface area contributed by atoms with E-state index in [2.05, 4.69) is 15.2 Å². The van der Waals surface area contributed by atoms with Gasteiger partial charge in [-0.25, -0.2) is 8.42 Å². The number of amides is 1. The Morgan fingerprint density at radius 1 is 1.33 bits per heavy atom. The van der Waals surface area contributed by atoms with Crippen molar-refractivity contribution in [3.05, 3.63) is 24.3 Å². The van der Waals surface area contributed by atoms with E-state index in [1.165, 1.54) is 0 Å². The van der Waals surface area contributed by atoms with Gasteiger partial charge in [0.2, 0.25) is 5.88 Å². The smallest absolute Gasteiger partial charge is 0.268 e. The van der Waals surface area contributed by atoms with E-state index in [0.29, 0.717) is 10.9 Å². The summed E-state index contributed by atoms with van der Waals surface area (Å²) >= 11 is 0. The molecular formula is C13H13N3O4S. The number of H-pyrrole nitrogens is 1. The maximum absolute atomic E-state index is 11.9. The van der Waals surface area contributed by atoms with Crippen LogP contribution in [0.25, 0.3) is 10.9 Å². The summed E-state index contributed by atoms with van der Waals surface area (Å²) in [6, 6.07) is 7.08. The molecule has 0 saturated carbocycles. The van der Waals surface area contributed by atoms with Crippen LogP contribution in [-0.4, -0.2) is 35.9 Å². The summed E-state index contributed by atoms with van der Waals surface area (Å²) in [6.07, 6.45) is 0.278. The molecule has 1 aliphatic rings. The molecule has 21 heavy (non-hydrogen) atoms. The number of azo groups is 1. The van der Waals surface area contributed by atoms with Crippen molar-refractivity contribution in [2.45, 2.75) is 6.42 Å². The molecule has 1 aromatic heterocycles. The highest BCUT2D eigenvalue weighted by Gasteiger charge is 2.33. The fraction of sp³-hybridized carbons (Fsp3) is 0.308. The molecular weight excluding hydrogens is 294 g/mol. The first-order chi connectivity index (χ1) is 9.96. The Hall–Kier alpha value is -2.22. The van der Waals surface area contributed by atoms with Gasteiger partial charge in [0, 0.05) is 5.39 Å². The van der Waals surface area contributed by atoms with Crippen molar-refractivity contribution in [2.24, 2.45) is 16.1 Å². The van der Waals surface area contributed by atoms with Gasteiger partial charge in [-0.3, -0.25) is 4.79 Å². The summed E-state index contributed by atoms with van der Waals surface area (Å²) in [6.45, 7) is 0. The fourth-order valence-electron chi connectivity index (χ4n) is 2.38. The van der Waals surface area contributed by atoms with Crippen LogP contribution in [0.1, 0.15) is 6.42 Å². The molecule has 0 spiro atoms.